The molecular weight excluding hydrogens is 278 g/mol. The van der Waals surface area contributed by atoms with Crippen LogP contribution in [0.5, 0.6) is 11.5 Å². The lowest BCUT2D eigenvalue weighted by atomic mass is 10.0. The number of carbonyl (C=O) groups is 1. The lowest BCUT2D eigenvalue weighted by Crippen LogP contribution is -1.95. The van der Waals surface area contributed by atoms with Crippen molar-refractivity contribution in [3.63, 3.8) is 0 Å². The second kappa shape index (κ2) is 5.56. The van der Waals surface area contributed by atoms with Crippen LogP contribution in [0, 0.1) is 0 Å². The fourth-order valence-electron chi connectivity index (χ4n) is 2.81. The summed E-state index contributed by atoms with van der Waals surface area (Å²) in [7, 11) is 5.17. The van der Waals surface area contributed by atoms with Crippen LogP contribution in [-0.4, -0.2) is 25.1 Å². The van der Waals surface area contributed by atoms with Crippen LogP contribution < -0.4 is 9.47 Å². The number of benzene rings is 2. The predicted molar refractivity (Wildman–Crippen MR) is 86.8 cm³/mol. The molecule has 0 fully saturated rings. The number of rotatable bonds is 4. The summed E-state index contributed by atoms with van der Waals surface area (Å²) >= 11 is 0. The van der Waals surface area contributed by atoms with E-state index in [0.29, 0.717) is 17.1 Å². The second-order valence-corrected chi connectivity index (χ2v) is 5.09. The highest BCUT2D eigenvalue weighted by atomic mass is 16.5. The lowest BCUT2D eigenvalue weighted by Gasteiger charge is -2.13. The summed E-state index contributed by atoms with van der Waals surface area (Å²) < 4.78 is 13.0. The average Bonchev–Trinajstić information content (AvgIpc) is 2.90. The minimum Gasteiger partial charge on any atom is -0.493 e. The Kier molecular flexibility index (Phi) is 3.59. The Balaban J connectivity index is 2.36. The molecule has 112 valence electrons. The van der Waals surface area contributed by atoms with E-state index in [4.69, 9.17) is 9.47 Å². The largest absolute Gasteiger partial charge is 0.493 e. The zero-order chi connectivity index (χ0) is 15.7. The molecule has 3 aromatic rings. The van der Waals surface area contributed by atoms with Crippen molar-refractivity contribution in [1.29, 1.82) is 0 Å². The summed E-state index contributed by atoms with van der Waals surface area (Å²) in [4.78, 5) is 11.2. The summed E-state index contributed by atoms with van der Waals surface area (Å²) in [6.45, 7) is 0. The van der Waals surface area contributed by atoms with Gasteiger partial charge in [0.25, 0.3) is 0 Å². The monoisotopic (exact) mass is 295 g/mol. The van der Waals surface area contributed by atoms with Crippen molar-refractivity contribution in [2.24, 2.45) is 7.05 Å². The molecule has 1 aromatic heterocycles. The molecule has 4 heteroatoms. The Labute approximate surface area is 128 Å². The first kappa shape index (κ1) is 14.2. The molecule has 0 aliphatic carbocycles. The molecule has 0 saturated carbocycles. The van der Waals surface area contributed by atoms with Crippen LogP contribution in [0.1, 0.15) is 10.4 Å². The number of aromatic nitrogens is 1. The highest BCUT2D eigenvalue weighted by molar-refractivity contribution is 5.99. The quantitative estimate of drug-likeness (QED) is 0.689. The summed E-state index contributed by atoms with van der Waals surface area (Å²) in [6, 6.07) is 11.6. The van der Waals surface area contributed by atoms with E-state index in [1.807, 2.05) is 31.4 Å². The van der Waals surface area contributed by atoms with Gasteiger partial charge in [-0.1, -0.05) is 18.2 Å². The Morgan fingerprint density at radius 1 is 1.05 bits per heavy atom. The molecule has 4 nitrogen and oxygen atoms in total. The molecule has 2 aromatic carbocycles. The number of para-hydroxylation sites is 1. The first-order chi connectivity index (χ1) is 10.7. The molecule has 0 aliphatic rings. The third-order valence-electron chi connectivity index (χ3n) is 3.82. The first-order valence-electron chi connectivity index (χ1n) is 6.95. The number of nitrogens with zero attached hydrogens (tertiary/aromatic N) is 1. The molecule has 0 saturated heterocycles. The van der Waals surface area contributed by atoms with E-state index >= 15 is 0 Å². The van der Waals surface area contributed by atoms with Crippen LogP contribution in [0.4, 0.5) is 0 Å². The zero-order valence-electron chi connectivity index (χ0n) is 12.8. The van der Waals surface area contributed by atoms with Gasteiger partial charge in [0.15, 0.2) is 11.5 Å². The van der Waals surface area contributed by atoms with Gasteiger partial charge in [-0.3, -0.25) is 4.79 Å². The van der Waals surface area contributed by atoms with Crippen molar-refractivity contribution in [2.45, 2.75) is 0 Å². The number of hydrogen-bond acceptors (Lipinski definition) is 3. The fourth-order valence-corrected chi connectivity index (χ4v) is 2.81. The average molecular weight is 295 g/mol. The molecule has 0 N–H and O–H groups in total. The molecule has 22 heavy (non-hydrogen) atoms. The fraction of sp³-hybridized carbons (Fsp3) is 0.167. The number of ether oxygens (including phenoxy) is 2. The lowest BCUT2D eigenvalue weighted by molar-refractivity contribution is 0.112. The van der Waals surface area contributed by atoms with Gasteiger partial charge in [0.2, 0.25) is 0 Å². The van der Waals surface area contributed by atoms with Crippen molar-refractivity contribution in [3.8, 4) is 22.6 Å². The van der Waals surface area contributed by atoms with Crippen molar-refractivity contribution in [2.75, 3.05) is 14.2 Å². The third kappa shape index (κ3) is 2.13. The molecule has 1 heterocycles. The van der Waals surface area contributed by atoms with Crippen LogP contribution in [-0.2, 0) is 7.05 Å². The highest BCUT2D eigenvalue weighted by Crippen LogP contribution is 2.42. The van der Waals surface area contributed by atoms with E-state index in [1.54, 1.807) is 20.3 Å². The van der Waals surface area contributed by atoms with Gasteiger partial charge in [0, 0.05) is 40.8 Å². The standard InChI is InChI=1S/C18H17NO3/c1-19-10-15(13-6-4-5-7-16(13)19)14-8-12(11-20)9-17(21-2)18(14)22-3/h4-11H,1-3H3. The van der Waals surface area contributed by atoms with Crippen molar-refractivity contribution in [3.05, 3.63) is 48.2 Å². The number of fused-ring (bicyclic) bond motifs is 1. The van der Waals surface area contributed by atoms with Gasteiger partial charge in [-0.15, -0.1) is 0 Å². The Bertz CT molecular complexity index is 849. The number of carbonyl (C=O) groups excluding carboxylic acids is 1. The van der Waals surface area contributed by atoms with Crippen molar-refractivity contribution < 1.29 is 14.3 Å². The van der Waals surface area contributed by atoms with E-state index in [9.17, 15) is 4.79 Å². The van der Waals surface area contributed by atoms with Crippen LogP contribution in [0.2, 0.25) is 0 Å². The Hall–Kier alpha value is -2.75. The van der Waals surface area contributed by atoms with E-state index in [1.165, 1.54) is 0 Å². The maximum atomic E-state index is 11.2. The maximum absolute atomic E-state index is 11.2. The molecule has 0 bridgehead atoms. The molecule has 3 rings (SSSR count). The van der Waals surface area contributed by atoms with Gasteiger partial charge in [-0.05, 0) is 18.2 Å². The van der Waals surface area contributed by atoms with E-state index < -0.39 is 0 Å². The summed E-state index contributed by atoms with van der Waals surface area (Å²) in [6.07, 6.45) is 2.85. The molecule has 0 spiro atoms. The number of aryl methyl sites for hydroxylation is 1. The van der Waals surface area contributed by atoms with Gasteiger partial charge in [0.1, 0.15) is 6.29 Å². The normalized spacial score (nSPS) is 10.7. The number of methoxy groups -OCH3 is 2. The molecule has 0 aliphatic heterocycles. The SMILES string of the molecule is COc1cc(C=O)cc(-c2cn(C)c3ccccc23)c1OC. The van der Waals surface area contributed by atoms with Crippen molar-refractivity contribution >= 4 is 17.2 Å². The van der Waals surface area contributed by atoms with Crippen molar-refractivity contribution in [1.82, 2.24) is 4.57 Å². The zero-order valence-corrected chi connectivity index (χ0v) is 12.8. The third-order valence-corrected chi connectivity index (χ3v) is 3.82. The predicted octanol–water partition coefficient (Wildman–Crippen LogP) is 3.68. The minimum absolute atomic E-state index is 0.551. The maximum Gasteiger partial charge on any atom is 0.168 e. The second-order valence-electron chi connectivity index (χ2n) is 5.09. The molecule has 0 radical (unpaired) electrons. The topological polar surface area (TPSA) is 40.5 Å². The van der Waals surface area contributed by atoms with E-state index in [0.717, 1.165) is 28.3 Å². The first-order valence-corrected chi connectivity index (χ1v) is 6.95. The Morgan fingerprint density at radius 2 is 1.82 bits per heavy atom. The number of aldehydes is 1. The molecule has 0 unspecified atom stereocenters. The van der Waals surface area contributed by atoms with Crippen LogP contribution in [0.25, 0.3) is 22.0 Å². The highest BCUT2D eigenvalue weighted by Gasteiger charge is 2.17. The molecule has 0 atom stereocenters. The van der Waals surface area contributed by atoms with Crippen LogP contribution >= 0.6 is 0 Å². The molecular formula is C18H17NO3. The Morgan fingerprint density at radius 3 is 2.50 bits per heavy atom. The smallest absolute Gasteiger partial charge is 0.168 e. The number of hydrogen-bond donors (Lipinski definition) is 0. The van der Waals surface area contributed by atoms with Gasteiger partial charge >= 0.3 is 0 Å². The van der Waals surface area contributed by atoms with E-state index in [2.05, 4.69) is 16.7 Å². The summed E-state index contributed by atoms with van der Waals surface area (Å²) in [5.74, 6) is 1.18. The van der Waals surface area contributed by atoms with Gasteiger partial charge < -0.3 is 14.0 Å². The minimum atomic E-state index is 0.551. The van der Waals surface area contributed by atoms with E-state index in [-0.39, 0.29) is 0 Å². The molecule has 0 amide bonds. The van der Waals surface area contributed by atoms with Gasteiger partial charge in [-0.25, -0.2) is 0 Å². The van der Waals surface area contributed by atoms with Gasteiger partial charge in [-0.2, -0.15) is 0 Å². The summed E-state index contributed by atoms with van der Waals surface area (Å²) in [5, 5.41) is 1.11. The van der Waals surface area contributed by atoms with Crippen LogP contribution in [0.15, 0.2) is 42.6 Å². The van der Waals surface area contributed by atoms with Crippen LogP contribution in [0.3, 0.4) is 0 Å². The summed E-state index contributed by atoms with van der Waals surface area (Å²) in [5.41, 5.74) is 3.54. The van der Waals surface area contributed by atoms with Gasteiger partial charge in [0.05, 0.1) is 14.2 Å².